The Labute approximate surface area is 256 Å². The van der Waals surface area contributed by atoms with Gasteiger partial charge in [-0.25, -0.2) is 18.4 Å². The fourth-order valence-electron chi connectivity index (χ4n) is 6.22. The van der Waals surface area contributed by atoms with Crippen molar-refractivity contribution in [2.24, 2.45) is 5.92 Å². The van der Waals surface area contributed by atoms with E-state index in [9.17, 15) is 22.0 Å². The molecule has 0 aromatic carbocycles. The maximum absolute atomic E-state index is 13.8. The Bertz CT molecular complexity index is 1830. The SMILES string of the molecule is CCN(C(=O)c1cc(OC)n2c(C)c(-c3cc4ccc(N(C(F)F)S(C)(=O)=O)nc4n3CC3CC3)nc2c1)[C@H]1CCCNC1.[HH]. The number of hydrogen-bond donors (Lipinski definition) is 1. The van der Waals surface area contributed by atoms with Crippen LogP contribution in [-0.2, 0) is 16.6 Å². The zero-order valence-electron chi connectivity index (χ0n) is 25.3. The van der Waals surface area contributed by atoms with Crippen molar-refractivity contribution in [1.29, 1.82) is 0 Å². The van der Waals surface area contributed by atoms with Gasteiger partial charge in [0.15, 0.2) is 5.88 Å². The summed E-state index contributed by atoms with van der Waals surface area (Å²) in [7, 11) is -2.71. The van der Waals surface area contributed by atoms with Crippen molar-refractivity contribution < 1.29 is 28.2 Å². The number of sulfonamides is 1. The highest BCUT2D eigenvalue weighted by Gasteiger charge is 2.31. The van der Waals surface area contributed by atoms with Gasteiger partial charge in [0.05, 0.1) is 24.8 Å². The summed E-state index contributed by atoms with van der Waals surface area (Å²) >= 11 is 0. The monoisotopic (exact) mass is 631 g/mol. The molecule has 5 heterocycles. The molecule has 1 N–H and O–H groups in total. The standard InChI is InChI=1S/C30H37F2N7O4S.H2/c1-5-36(22-7-6-12-33-16-22)29(40)21-14-25-34-27(18(2)38(25)26(15-21)43-3)23-13-20-10-11-24(39(30(31)32)44(4,41)42)35-28(20)37(23)17-19-8-9-19;/h10-11,13-15,19,22,30,33H,5-9,12,16-17H2,1-4H3;1H/t22-;/m0./s1. The van der Waals surface area contributed by atoms with Crippen LogP contribution in [0.15, 0.2) is 30.3 Å². The summed E-state index contributed by atoms with van der Waals surface area (Å²) in [6.07, 6.45) is 4.74. The zero-order chi connectivity index (χ0) is 31.3. The van der Waals surface area contributed by atoms with Crippen molar-refractivity contribution in [3.8, 4) is 17.3 Å². The van der Waals surface area contributed by atoms with Crippen molar-refractivity contribution in [1.82, 2.24) is 29.2 Å². The summed E-state index contributed by atoms with van der Waals surface area (Å²) in [6.45, 7) is 3.49. The van der Waals surface area contributed by atoms with Crippen molar-refractivity contribution in [3.05, 3.63) is 41.6 Å². The number of ether oxygens (including phenoxy) is 1. The molecule has 6 rings (SSSR count). The van der Waals surface area contributed by atoms with Crippen LogP contribution in [0.2, 0.25) is 0 Å². The molecule has 0 bridgehead atoms. The number of alkyl halides is 2. The maximum atomic E-state index is 13.8. The van der Waals surface area contributed by atoms with Crippen LogP contribution >= 0.6 is 0 Å². The molecule has 44 heavy (non-hydrogen) atoms. The first-order valence-corrected chi connectivity index (χ1v) is 16.7. The highest BCUT2D eigenvalue weighted by atomic mass is 32.2. The molecule has 1 aliphatic carbocycles. The molecular weight excluding hydrogens is 592 g/mol. The number of hydrogen-bond acceptors (Lipinski definition) is 7. The van der Waals surface area contributed by atoms with Crippen LogP contribution in [0, 0.1) is 12.8 Å². The second-order valence-electron chi connectivity index (χ2n) is 11.6. The van der Waals surface area contributed by atoms with Crippen LogP contribution in [0.1, 0.15) is 50.1 Å². The smallest absolute Gasteiger partial charge is 0.329 e. The number of halogens is 2. The Hall–Kier alpha value is -3.78. The lowest BCUT2D eigenvalue weighted by atomic mass is 10.0. The van der Waals surface area contributed by atoms with Gasteiger partial charge in [0.1, 0.15) is 22.8 Å². The van der Waals surface area contributed by atoms with Crippen LogP contribution < -0.4 is 14.4 Å². The summed E-state index contributed by atoms with van der Waals surface area (Å²) in [6, 6.07) is 8.41. The number of piperidine rings is 1. The minimum Gasteiger partial charge on any atom is -0.482 e. The number of anilines is 1. The van der Waals surface area contributed by atoms with E-state index < -0.39 is 16.6 Å². The van der Waals surface area contributed by atoms with Crippen molar-refractivity contribution in [3.63, 3.8) is 0 Å². The predicted molar refractivity (Wildman–Crippen MR) is 166 cm³/mol. The molecule has 1 amide bonds. The van der Waals surface area contributed by atoms with Gasteiger partial charge in [-0.1, -0.05) is 0 Å². The number of rotatable bonds is 10. The zero-order valence-corrected chi connectivity index (χ0v) is 26.1. The van der Waals surface area contributed by atoms with Gasteiger partial charge in [0.25, 0.3) is 5.91 Å². The molecule has 2 aliphatic rings. The van der Waals surface area contributed by atoms with Crippen LogP contribution in [0.3, 0.4) is 0 Å². The van der Waals surface area contributed by atoms with Crippen LogP contribution in [0.25, 0.3) is 28.1 Å². The number of fused-ring (bicyclic) bond motifs is 2. The van der Waals surface area contributed by atoms with Gasteiger partial charge in [-0.15, -0.1) is 0 Å². The molecule has 1 atom stereocenters. The number of amides is 1. The molecule has 4 aromatic heterocycles. The van der Waals surface area contributed by atoms with E-state index in [1.165, 1.54) is 6.07 Å². The quantitative estimate of drug-likeness (QED) is 0.256. The fourth-order valence-corrected chi connectivity index (χ4v) is 6.95. The molecule has 11 nitrogen and oxygen atoms in total. The van der Waals surface area contributed by atoms with E-state index in [1.807, 2.05) is 33.8 Å². The number of likely N-dealkylation sites (N-methyl/N-ethyl adjacent to an activating group) is 1. The Balaban J connectivity index is 0.00000400. The van der Waals surface area contributed by atoms with Gasteiger partial charge in [-0.05, 0) is 76.3 Å². The number of nitrogens with zero attached hydrogens (tertiary/aromatic N) is 6. The number of aryl methyl sites for hydroxylation is 1. The first kappa shape index (κ1) is 30.3. The van der Waals surface area contributed by atoms with Gasteiger partial charge >= 0.3 is 6.55 Å². The number of methoxy groups -OCH3 is 1. The van der Waals surface area contributed by atoms with Gasteiger partial charge in [0.2, 0.25) is 10.0 Å². The summed E-state index contributed by atoms with van der Waals surface area (Å²) in [5, 5.41) is 4.05. The van der Waals surface area contributed by atoms with Crippen LogP contribution in [0.5, 0.6) is 5.88 Å². The first-order valence-electron chi connectivity index (χ1n) is 14.9. The molecule has 0 radical (unpaired) electrons. The van der Waals surface area contributed by atoms with E-state index in [4.69, 9.17) is 9.72 Å². The average molecular weight is 632 g/mol. The number of imidazole rings is 1. The number of carbonyl (C=O) groups excluding carboxylic acids is 1. The van der Waals surface area contributed by atoms with Gasteiger partial charge in [0, 0.05) is 44.1 Å². The van der Waals surface area contributed by atoms with E-state index in [0.29, 0.717) is 52.8 Å². The average Bonchev–Trinajstić information content (AvgIpc) is 3.66. The minimum atomic E-state index is -4.27. The van der Waals surface area contributed by atoms with E-state index in [1.54, 1.807) is 25.3 Å². The predicted octanol–water partition coefficient (Wildman–Crippen LogP) is 4.53. The minimum absolute atomic E-state index is 0. The third kappa shape index (κ3) is 5.49. The highest BCUT2D eigenvalue weighted by Crippen LogP contribution is 2.38. The van der Waals surface area contributed by atoms with Gasteiger partial charge in [-0.2, -0.15) is 13.1 Å². The lowest BCUT2D eigenvalue weighted by molar-refractivity contribution is 0.0661. The Kier molecular flexibility index (Phi) is 7.99. The number of carbonyl (C=O) groups is 1. The molecule has 1 saturated heterocycles. The van der Waals surface area contributed by atoms with Crippen molar-refractivity contribution in [2.45, 2.75) is 58.7 Å². The lowest BCUT2D eigenvalue weighted by Crippen LogP contribution is -2.48. The Morgan fingerprint density at radius 1 is 1.20 bits per heavy atom. The number of pyridine rings is 2. The molecule has 238 valence electrons. The normalized spacial score (nSPS) is 17.5. The van der Waals surface area contributed by atoms with Crippen LogP contribution in [-0.4, -0.2) is 83.8 Å². The second kappa shape index (κ2) is 11.6. The molecular formula is C30H39F2N7O4S. The molecule has 4 aromatic rings. The highest BCUT2D eigenvalue weighted by molar-refractivity contribution is 7.92. The Morgan fingerprint density at radius 2 is 1.98 bits per heavy atom. The third-order valence-electron chi connectivity index (χ3n) is 8.56. The first-order chi connectivity index (χ1) is 21.0. The summed E-state index contributed by atoms with van der Waals surface area (Å²) in [5.74, 6) is 0.423. The van der Waals surface area contributed by atoms with Crippen molar-refractivity contribution >= 4 is 38.4 Å². The maximum Gasteiger partial charge on any atom is 0.329 e. The van der Waals surface area contributed by atoms with E-state index >= 15 is 0 Å². The van der Waals surface area contributed by atoms with Gasteiger partial charge in [-0.3, -0.25) is 9.20 Å². The molecule has 0 spiro atoms. The number of aromatic nitrogens is 4. The molecule has 1 saturated carbocycles. The lowest BCUT2D eigenvalue weighted by Gasteiger charge is -2.34. The molecule has 1 aliphatic heterocycles. The van der Waals surface area contributed by atoms with Gasteiger partial charge < -0.3 is 19.5 Å². The fraction of sp³-hybridized carbons (Fsp3) is 0.500. The summed E-state index contributed by atoms with van der Waals surface area (Å²) in [5.41, 5.74) is 3.54. The van der Waals surface area contributed by atoms with Crippen molar-refractivity contribution in [2.75, 3.05) is 37.3 Å². The van der Waals surface area contributed by atoms with E-state index in [-0.39, 0.29) is 23.5 Å². The topological polar surface area (TPSA) is 114 Å². The second-order valence-corrected chi connectivity index (χ2v) is 13.5. The molecule has 14 heteroatoms. The molecule has 0 unspecified atom stereocenters. The molecule has 2 fully saturated rings. The Morgan fingerprint density at radius 3 is 2.59 bits per heavy atom. The third-order valence-corrected chi connectivity index (χ3v) is 9.62. The van der Waals surface area contributed by atoms with Crippen LogP contribution in [0.4, 0.5) is 14.6 Å². The summed E-state index contributed by atoms with van der Waals surface area (Å²) < 4.78 is 61.6. The number of nitrogens with one attached hydrogen (secondary N) is 1. The summed E-state index contributed by atoms with van der Waals surface area (Å²) in [4.78, 5) is 25.0. The largest absolute Gasteiger partial charge is 0.482 e. The van der Waals surface area contributed by atoms with E-state index in [0.717, 1.165) is 56.4 Å². The van der Waals surface area contributed by atoms with E-state index in [2.05, 4.69) is 10.3 Å².